The van der Waals surface area contributed by atoms with Crippen molar-refractivity contribution < 1.29 is 9.59 Å². The van der Waals surface area contributed by atoms with Gasteiger partial charge >= 0.3 is 0 Å². The monoisotopic (exact) mass is 240 g/mol. The van der Waals surface area contributed by atoms with Crippen LogP contribution < -0.4 is 5.32 Å². The first-order valence-electron chi connectivity index (χ1n) is 6.35. The molecule has 1 heterocycles. The Morgan fingerprint density at radius 2 is 2.06 bits per heavy atom. The third-order valence-corrected chi connectivity index (χ3v) is 3.62. The molecule has 0 saturated carbocycles. The molecular formula is C13H24N2O2. The van der Waals surface area contributed by atoms with E-state index in [1.165, 1.54) is 0 Å². The number of carbonyl (C=O) groups is 2. The zero-order valence-corrected chi connectivity index (χ0v) is 11.4. The molecule has 98 valence electrons. The highest BCUT2D eigenvalue weighted by atomic mass is 16.2. The maximum Gasteiger partial charge on any atom is 0.222 e. The second-order valence-corrected chi connectivity index (χ2v) is 5.95. The minimum Gasteiger partial charge on any atom is -0.354 e. The highest BCUT2D eigenvalue weighted by molar-refractivity contribution is 5.80. The lowest BCUT2D eigenvalue weighted by Crippen LogP contribution is -2.36. The van der Waals surface area contributed by atoms with Crippen LogP contribution in [0, 0.1) is 11.3 Å². The molecule has 1 fully saturated rings. The molecule has 1 atom stereocenters. The van der Waals surface area contributed by atoms with Gasteiger partial charge in [-0.2, -0.15) is 0 Å². The number of nitrogens with one attached hydrogen (secondary N) is 1. The molecule has 1 N–H and O–H groups in total. The number of hydrogen-bond acceptors (Lipinski definition) is 2. The van der Waals surface area contributed by atoms with Crippen LogP contribution in [0.15, 0.2) is 0 Å². The lowest BCUT2D eigenvalue weighted by atomic mass is 9.80. The van der Waals surface area contributed by atoms with E-state index >= 15 is 0 Å². The molecular weight excluding hydrogens is 216 g/mol. The summed E-state index contributed by atoms with van der Waals surface area (Å²) in [4.78, 5) is 25.1. The highest BCUT2D eigenvalue weighted by Crippen LogP contribution is 2.28. The predicted molar refractivity (Wildman–Crippen MR) is 67.4 cm³/mol. The normalized spacial score (nSPS) is 19.5. The van der Waals surface area contributed by atoms with E-state index in [1.54, 1.807) is 4.90 Å². The van der Waals surface area contributed by atoms with E-state index in [-0.39, 0.29) is 17.2 Å². The molecule has 4 heteroatoms. The Kier molecular flexibility index (Phi) is 4.54. The zero-order chi connectivity index (χ0) is 13.1. The molecule has 0 radical (unpaired) electrons. The van der Waals surface area contributed by atoms with Gasteiger partial charge in [0.15, 0.2) is 0 Å². The fraction of sp³-hybridized carbons (Fsp3) is 0.846. The van der Waals surface area contributed by atoms with Gasteiger partial charge in [-0.25, -0.2) is 0 Å². The molecule has 0 aromatic heterocycles. The Morgan fingerprint density at radius 1 is 1.41 bits per heavy atom. The average molecular weight is 240 g/mol. The molecule has 0 spiro atoms. The van der Waals surface area contributed by atoms with Crippen LogP contribution in [-0.2, 0) is 9.59 Å². The number of carbonyl (C=O) groups excluding carboxylic acids is 2. The molecule has 4 nitrogen and oxygen atoms in total. The number of rotatable bonds is 2. The predicted octanol–water partition coefficient (Wildman–Crippen LogP) is 1.41. The van der Waals surface area contributed by atoms with E-state index in [4.69, 9.17) is 0 Å². The van der Waals surface area contributed by atoms with Gasteiger partial charge in [-0.15, -0.1) is 0 Å². The van der Waals surface area contributed by atoms with E-state index in [9.17, 15) is 9.59 Å². The van der Waals surface area contributed by atoms with Crippen molar-refractivity contribution in [2.24, 2.45) is 11.3 Å². The molecule has 17 heavy (non-hydrogen) atoms. The average Bonchev–Trinajstić information content (AvgIpc) is 2.41. The number of nitrogens with zero attached hydrogens (tertiary/aromatic N) is 1. The standard InChI is InChI=1S/C13H24N2O2/c1-10(13(2,3)4)9-12(17)15-7-5-11(16)14-6-8-15/h10H,5-9H2,1-4H3,(H,14,16). The Morgan fingerprint density at radius 3 is 2.65 bits per heavy atom. The largest absolute Gasteiger partial charge is 0.354 e. The first kappa shape index (κ1) is 14.0. The van der Waals surface area contributed by atoms with E-state index in [0.29, 0.717) is 38.4 Å². The first-order valence-corrected chi connectivity index (χ1v) is 6.35. The second kappa shape index (κ2) is 5.52. The molecule has 1 aliphatic rings. The van der Waals surface area contributed by atoms with Crippen molar-refractivity contribution in [3.05, 3.63) is 0 Å². The van der Waals surface area contributed by atoms with Crippen molar-refractivity contribution in [3.63, 3.8) is 0 Å². The summed E-state index contributed by atoms with van der Waals surface area (Å²) in [7, 11) is 0. The van der Waals surface area contributed by atoms with Crippen molar-refractivity contribution in [1.82, 2.24) is 10.2 Å². The Hall–Kier alpha value is -1.06. The Balaban J connectivity index is 2.49. The molecule has 1 saturated heterocycles. The summed E-state index contributed by atoms with van der Waals surface area (Å²) in [6, 6.07) is 0. The van der Waals surface area contributed by atoms with Crippen LogP contribution in [0.5, 0.6) is 0 Å². The fourth-order valence-electron chi connectivity index (χ4n) is 1.71. The van der Waals surface area contributed by atoms with Crippen molar-refractivity contribution >= 4 is 11.8 Å². The Labute approximate surface area is 104 Å². The summed E-state index contributed by atoms with van der Waals surface area (Å²) in [5, 5.41) is 2.78. The molecule has 1 rings (SSSR count). The van der Waals surface area contributed by atoms with E-state index in [0.717, 1.165) is 0 Å². The van der Waals surface area contributed by atoms with E-state index < -0.39 is 0 Å². The first-order chi connectivity index (χ1) is 7.80. The summed E-state index contributed by atoms with van der Waals surface area (Å²) in [6.45, 7) is 10.3. The SMILES string of the molecule is CC(CC(=O)N1CCNC(=O)CC1)C(C)(C)C. The van der Waals surface area contributed by atoms with E-state index in [2.05, 4.69) is 33.0 Å². The minimum atomic E-state index is 0.0455. The van der Waals surface area contributed by atoms with E-state index in [1.807, 2.05) is 0 Å². The second-order valence-electron chi connectivity index (χ2n) is 5.95. The maximum absolute atomic E-state index is 12.1. The summed E-state index contributed by atoms with van der Waals surface area (Å²) < 4.78 is 0. The molecule has 2 amide bonds. The molecule has 1 unspecified atom stereocenters. The third kappa shape index (κ3) is 4.36. The van der Waals surface area contributed by atoms with Crippen LogP contribution in [0.2, 0.25) is 0 Å². The minimum absolute atomic E-state index is 0.0455. The van der Waals surface area contributed by atoms with Crippen LogP contribution >= 0.6 is 0 Å². The smallest absolute Gasteiger partial charge is 0.222 e. The lowest BCUT2D eigenvalue weighted by Gasteiger charge is -2.29. The highest BCUT2D eigenvalue weighted by Gasteiger charge is 2.26. The van der Waals surface area contributed by atoms with Crippen molar-refractivity contribution in [3.8, 4) is 0 Å². The summed E-state index contributed by atoms with van der Waals surface area (Å²) in [5.74, 6) is 0.565. The zero-order valence-electron chi connectivity index (χ0n) is 11.4. The van der Waals surface area contributed by atoms with Crippen LogP contribution in [-0.4, -0.2) is 36.3 Å². The Bertz CT molecular complexity index is 294. The van der Waals surface area contributed by atoms with Gasteiger partial charge in [0.05, 0.1) is 0 Å². The van der Waals surface area contributed by atoms with Gasteiger partial charge in [0.1, 0.15) is 0 Å². The van der Waals surface area contributed by atoms with Crippen molar-refractivity contribution in [2.75, 3.05) is 19.6 Å². The molecule has 1 aliphatic heterocycles. The van der Waals surface area contributed by atoms with Gasteiger partial charge < -0.3 is 10.2 Å². The van der Waals surface area contributed by atoms with Gasteiger partial charge in [-0.1, -0.05) is 27.7 Å². The van der Waals surface area contributed by atoms with Gasteiger partial charge in [0.2, 0.25) is 11.8 Å². The fourth-order valence-corrected chi connectivity index (χ4v) is 1.71. The molecule has 0 aliphatic carbocycles. The number of amides is 2. The quantitative estimate of drug-likeness (QED) is 0.793. The summed E-state index contributed by atoms with van der Waals surface area (Å²) in [6.07, 6.45) is 0.993. The lowest BCUT2D eigenvalue weighted by molar-refractivity contribution is -0.132. The third-order valence-electron chi connectivity index (χ3n) is 3.62. The van der Waals surface area contributed by atoms with Crippen LogP contribution in [0.25, 0.3) is 0 Å². The topological polar surface area (TPSA) is 49.4 Å². The molecule has 0 aromatic rings. The maximum atomic E-state index is 12.1. The van der Waals surface area contributed by atoms with Crippen LogP contribution in [0.1, 0.15) is 40.5 Å². The van der Waals surface area contributed by atoms with Crippen molar-refractivity contribution in [1.29, 1.82) is 0 Å². The summed E-state index contributed by atoms with van der Waals surface area (Å²) in [5.41, 5.74) is 0.148. The van der Waals surface area contributed by atoms with Crippen LogP contribution in [0.3, 0.4) is 0 Å². The molecule has 0 aromatic carbocycles. The summed E-state index contributed by atoms with van der Waals surface area (Å²) >= 11 is 0. The van der Waals surface area contributed by atoms with Gasteiger partial charge in [-0.3, -0.25) is 9.59 Å². The van der Waals surface area contributed by atoms with Crippen LogP contribution in [0.4, 0.5) is 0 Å². The van der Waals surface area contributed by atoms with Crippen molar-refractivity contribution in [2.45, 2.75) is 40.5 Å². The van der Waals surface area contributed by atoms with Gasteiger partial charge in [-0.05, 0) is 11.3 Å². The van der Waals surface area contributed by atoms with Gasteiger partial charge in [0, 0.05) is 32.5 Å². The van der Waals surface area contributed by atoms with Gasteiger partial charge in [0.25, 0.3) is 0 Å². The number of hydrogen-bond donors (Lipinski definition) is 1. The molecule has 0 bridgehead atoms.